The minimum absolute atomic E-state index is 0.134. The normalized spacial score (nSPS) is 14.3. The van der Waals surface area contributed by atoms with E-state index in [0.717, 1.165) is 5.56 Å². The molecule has 0 aliphatic carbocycles. The van der Waals surface area contributed by atoms with E-state index in [9.17, 15) is 14.7 Å². The number of hydrogen-bond donors (Lipinski definition) is 2. The lowest BCUT2D eigenvalue weighted by Gasteiger charge is -2.23. The summed E-state index contributed by atoms with van der Waals surface area (Å²) in [7, 11) is 0. The molecule has 0 amide bonds. The molecule has 0 heterocycles. The van der Waals surface area contributed by atoms with Gasteiger partial charge in [-0.15, -0.1) is 0 Å². The van der Waals surface area contributed by atoms with Crippen LogP contribution in [0.1, 0.15) is 39.2 Å². The van der Waals surface area contributed by atoms with Crippen molar-refractivity contribution in [2.75, 3.05) is 6.54 Å². The third-order valence-electron chi connectivity index (χ3n) is 2.98. The van der Waals surface area contributed by atoms with Crippen LogP contribution in [-0.4, -0.2) is 35.2 Å². The highest BCUT2D eigenvalue weighted by atomic mass is 16.6. The van der Waals surface area contributed by atoms with Crippen LogP contribution in [0.5, 0.6) is 0 Å². The molecule has 5 heteroatoms. The van der Waals surface area contributed by atoms with E-state index in [1.165, 1.54) is 0 Å². The Kier molecular flexibility index (Phi) is 5.90. The molecule has 1 rings (SSSR count). The van der Waals surface area contributed by atoms with Crippen LogP contribution in [0.2, 0.25) is 0 Å². The predicted octanol–water partition coefficient (Wildman–Crippen LogP) is 2.17. The Morgan fingerprint density at radius 1 is 1.24 bits per heavy atom. The van der Waals surface area contributed by atoms with Gasteiger partial charge in [-0.2, -0.15) is 0 Å². The summed E-state index contributed by atoms with van der Waals surface area (Å²) in [5, 5.41) is 12.1. The maximum atomic E-state index is 11.7. The number of hydrogen-bond acceptors (Lipinski definition) is 4. The smallest absolute Gasteiger partial charge is 0.321 e. The number of carboxylic acid groups (broad SMARTS) is 1. The first-order valence-electron chi connectivity index (χ1n) is 6.93. The van der Waals surface area contributed by atoms with E-state index in [2.05, 4.69) is 5.32 Å². The quantitative estimate of drug-likeness (QED) is 0.786. The van der Waals surface area contributed by atoms with Gasteiger partial charge in [-0.25, -0.2) is 0 Å². The van der Waals surface area contributed by atoms with Gasteiger partial charge in [0.15, 0.2) is 0 Å². The number of rotatable bonds is 6. The highest BCUT2D eigenvalue weighted by Crippen LogP contribution is 2.19. The van der Waals surface area contributed by atoms with Gasteiger partial charge in [-0.1, -0.05) is 37.3 Å². The first-order chi connectivity index (χ1) is 9.70. The number of carbonyl (C=O) groups is 2. The summed E-state index contributed by atoms with van der Waals surface area (Å²) >= 11 is 0. The summed E-state index contributed by atoms with van der Waals surface area (Å²) in [6.45, 7) is 6.99. The van der Waals surface area contributed by atoms with Gasteiger partial charge < -0.3 is 9.84 Å². The number of carboxylic acids is 1. The second-order valence-corrected chi connectivity index (χ2v) is 5.98. The fourth-order valence-electron chi connectivity index (χ4n) is 2.00. The molecule has 1 aromatic rings. The Bertz CT molecular complexity index is 479. The van der Waals surface area contributed by atoms with Crippen molar-refractivity contribution in [3.8, 4) is 0 Å². The summed E-state index contributed by atoms with van der Waals surface area (Å²) in [6, 6.07) is 8.49. The van der Waals surface area contributed by atoms with E-state index in [1.54, 1.807) is 20.8 Å². The van der Waals surface area contributed by atoms with Gasteiger partial charge in [0.25, 0.3) is 0 Å². The zero-order valence-electron chi connectivity index (χ0n) is 12.9. The Hall–Kier alpha value is -1.88. The summed E-state index contributed by atoms with van der Waals surface area (Å²) in [5.74, 6) is -1.71. The Morgan fingerprint density at radius 2 is 1.81 bits per heavy atom. The van der Waals surface area contributed by atoms with E-state index in [1.807, 2.05) is 37.3 Å². The second-order valence-electron chi connectivity index (χ2n) is 5.98. The maximum absolute atomic E-state index is 11.7. The number of nitrogens with one attached hydrogen (secondary N) is 1. The summed E-state index contributed by atoms with van der Waals surface area (Å²) in [6.07, 6.45) is 0. The van der Waals surface area contributed by atoms with Crippen molar-refractivity contribution in [1.29, 1.82) is 0 Å². The molecule has 21 heavy (non-hydrogen) atoms. The van der Waals surface area contributed by atoms with Crippen LogP contribution in [0.4, 0.5) is 0 Å². The maximum Gasteiger partial charge on any atom is 0.321 e. The molecular formula is C16H23NO4. The molecular weight excluding hydrogens is 270 g/mol. The van der Waals surface area contributed by atoms with Gasteiger partial charge in [-0.3, -0.25) is 14.9 Å². The lowest BCUT2D eigenvalue weighted by atomic mass is 9.93. The molecule has 0 spiro atoms. The van der Waals surface area contributed by atoms with Crippen LogP contribution >= 0.6 is 0 Å². The van der Waals surface area contributed by atoms with Crippen molar-refractivity contribution in [1.82, 2.24) is 5.32 Å². The molecule has 0 saturated heterocycles. The van der Waals surface area contributed by atoms with E-state index in [0.29, 0.717) is 0 Å². The fourth-order valence-corrected chi connectivity index (χ4v) is 2.00. The molecule has 0 unspecified atom stereocenters. The van der Waals surface area contributed by atoms with Crippen molar-refractivity contribution in [3.05, 3.63) is 35.9 Å². The third-order valence-corrected chi connectivity index (χ3v) is 2.98. The molecule has 0 bridgehead atoms. The first kappa shape index (κ1) is 17.2. The first-order valence-corrected chi connectivity index (χ1v) is 6.93. The van der Waals surface area contributed by atoms with Crippen molar-refractivity contribution in [2.24, 2.45) is 0 Å². The highest BCUT2D eigenvalue weighted by molar-refractivity contribution is 5.77. The highest BCUT2D eigenvalue weighted by Gasteiger charge is 2.27. The predicted molar refractivity (Wildman–Crippen MR) is 80.1 cm³/mol. The van der Waals surface area contributed by atoms with Gasteiger partial charge in [0.2, 0.25) is 0 Å². The largest absolute Gasteiger partial charge is 0.480 e. The average Bonchev–Trinajstić information content (AvgIpc) is 2.37. The number of ether oxygens (including phenoxy) is 1. The van der Waals surface area contributed by atoms with E-state index < -0.39 is 23.6 Å². The van der Waals surface area contributed by atoms with Gasteiger partial charge in [0, 0.05) is 5.92 Å². The minimum Gasteiger partial charge on any atom is -0.480 e. The van der Waals surface area contributed by atoms with Crippen LogP contribution in [0.25, 0.3) is 0 Å². The zero-order valence-corrected chi connectivity index (χ0v) is 12.9. The molecule has 0 aliphatic heterocycles. The Morgan fingerprint density at radius 3 is 2.29 bits per heavy atom. The number of carbonyl (C=O) groups excluding carboxylic acids is 1. The Labute approximate surface area is 125 Å². The van der Waals surface area contributed by atoms with Gasteiger partial charge in [0.05, 0.1) is 6.54 Å². The van der Waals surface area contributed by atoms with Gasteiger partial charge in [0.1, 0.15) is 11.6 Å². The van der Waals surface area contributed by atoms with E-state index in [4.69, 9.17) is 4.74 Å². The zero-order chi connectivity index (χ0) is 16.0. The molecule has 0 aromatic heterocycles. The number of benzene rings is 1. The molecule has 0 radical (unpaired) electrons. The minimum atomic E-state index is -0.991. The summed E-state index contributed by atoms with van der Waals surface area (Å²) < 4.78 is 5.16. The molecule has 0 saturated carbocycles. The van der Waals surface area contributed by atoms with E-state index in [-0.39, 0.29) is 12.5 Å². The Balaban J connectivity index is 2.67. The van der Waals surface area contributed by atoms with Crippen molar-refractivity contribution >= 4 is 11.9 Å². The summed E-state index contributed by atoms with van der Waals surface area (Å²) in [5.41, 5.74) is 0.323. The van der Waals surface area contributed by atoms with Crippen molar-refractivity contribution in [2.45, 2.75) is 45.3 Å². The monoisotopic (exact) mass is 293 g/mol. The topological polar surface area (TPSA) is 75.6 Å². The van der Waals surface area contributed by atoms with Crippen LogP contribution in [0.3, 0.4) is 0 Å². The second kappa shape index (κ2) is 7.22. The number of esters is 1. The number of aliphatic carboxylic acids is 1. The standard InChI is InChI=1S/C16H23NO4/c1-11(12-8-6-5-7-9-12)14(15(19)20)17-10-13(18)21-16(2,3)4/h5-9,11,14,17H,10H2,1-4H3,(H,19,20)/t11-,14-/m0/s1. The van der Waals surface area contributed by atoms with E-state index >= 15 is 0 Å². The van der Waals surface area contributed by atoms with Crippen LogP contribution in [-0.2, 0) is 14.3 Å². The third kappa shape index (κ3) is 5.95. The average molecular weight is 293 g/mol. The fraction of sp³-hybridized carbons (Fsp3) is 0.500. The lowest BCUT2D eigenvalue weighted by molar-refractivity contribution is -0.154. The lowest BCUT2D eigenvalue weighted by Crippen LogP contribution is -2.44. The molecule has 0 aliphatic rings. The van der Waals surface area contributed by atoms with Crippen LogP contribution < -0.4 is 5.32 Å². The molecule has 116 valence electrons. The van der Waals surface area contributed by atoms with Crippen molar-refractivity contribution < 1.29 is 19.4 Å². The molecule has 1 aromatic carbocycles. The van der Waals surface area contributed by atoms with Crippen LogP contribution in [0.15, 0.2) is 30.3 Å². The van der Waals surface area contributed by atoms with Crippen molar-refractivity contribution in [3.63, 3.8) is 0 Å². The molecule has 0 fully saturated rings. The molecule has 2 N–H and O–H groups in total. The molecule has 5 nitrogen and oxygen atoms in total. The van der Waals surface area contributed by atoms with Crippen LogP contribution in [0, 0.1) is 0 Å². The van der Waals surface area contributed by atoms with Gasteiger partial charge >= 0.3 is 11.9 Å². The summed E-state index contributed by atoms with van der Waals surface area (Å²) in [4.78, 5) is 23.1. The SMILES string of the molecule is C[C@@H](c1ccccc1)[C@H](NCC(=O)OC(C)(C)C)C(=O)O. The molecule has 2 atom stereocenters. The van der Waals surface area contributed by atoms with Gasteiger partial charge in [-0.05, 0) is 26.3 Å².